The third-order valence-electron chi connectivity index (χ3n) is 4.82. The number of nitrogens with one attached hydrogen (secondary N) is 1. The molecule has 0 fully saturated rings. The summed E-state index contributed by atoms with van der Waals surface area (Å²) in [4.78, 5) is 27.7. The van der Waals surface area contributed by atoms with E-state index >= 15 is 0 Å². The highest BCUT2D eigenvalue weighted by molar-refractivity contribution is 6.31. The van der Waals surface area contributed by atoms with Crippen LogP contribution in [0, 0.1) is 6.92 Å². The number of hydrogen-bond donors (Lipinski definition) is 1. The van der Waals surface area contributed by atoms with Gasteiger partial charge in [0.05, 0.1) is 0 Å². The Labute approximate surface area is 179 Å². The minimum Gasteiger partial charge on any atom is -0.352 e. The van der Waals surface area contributed by atoms with Crippen molar-refractivity contribution in [3.8, 4) is 0 Å². The van der Waals surface area contributed by atoms with Crippen LogP contribution in [0.5, 0.6) is 0 Å². The molecule has 2 aromatic carbocycles. The van der Waals surface area contributed by atoms with Crippen molar-refractivity contribution in [2.75, 3.05) is 0 Å². The molecule has 0 aliphatic carbocycles. The van der Waals surface area contributed by atoms with E-state index in [0.717, 1.165) is 16.7 Å². The average Bonchev–Trinajstić information content (AvgIpc) is 2.66. The monoisotopic (exact) mass is 414 g/mol. The van der Waals surface area contributed by atoms with Gasteiger partial charge in [0.25, 0.3) is 0 Å². The van der Waals surface area contributed by atoms with Crippen LogP contribution in [0.1, 0.15) is 50.3 Å². The van der Waals surface area contributed by atoms with E-state index in [1.165, 1.54) is 0 Å². The minimum absolute atomic E-state index is 0.0237. The van der Waals surface area contributed by atoms with Gasteiger partial charge in [-0.25, -0.2) is 0 Å². The fourth-order valence-electron chi connectivity index (χ4n) is 3.39. The van der Waals surface area contributed by atoms with Crippen LogP contribution in [-0.4, -0.2) is 28.8 Å². The van der Waals surface area contributed by atoms with E-state index in [1.54, 1.807) is 4.90 Å². The molecule has 4 nitrogen and oxygen atoms in total. The molecular weight excluding hydrogens is 384 g/mol. The summed E-state index contributed by atoms with van der Waals surface area (Å²) in [6.07, 6.45) is 1.41. The maximum absolute atomic E-state index is 13.2. The normalized spacial score (nSPS) is 11.9. The van der Waals surface area contributed by atoms with E-state index in [-0.39, 0.29) is 17.9 Å². The van der Waals surface area contributed by atoms with E-state index in [4.69, 9.17) is 11.6 Å². The van der Waals surface area contributed by atoms with Gasteiger partial charge in [-0.3, -0.25) is 9.59 Å². The molecular formula is C24H31ClN2O2. The van der Waals surface area contributed by atoms with Gasteiger partial charge in [-0.15, -0.1) is 0 Å². The summed E-state index contributed by atoms with van der Waals surface area (Å²) in [5.41, 5.74) is 3.09. The van der Waals surface area contributed by atoms with Gasteiger partial charge in [0.1, 0.15) is 6.04 Å². The highest BCUT2D eigenvalue weighted by Crippen LogP contribution is 2.19. The van der Waals surface area contributed by atoms with Crippen molar-refractivity contribution in [1.82, 2.24) is 10.2 Å². The van der Waals surface area contributed by atoms with Crippen LogP contribution in [0.4, 0.5) is 0 Å². The number of nitrogens with zero attached hydrogens (tertiary/aromatic N) is 1. The van der Waals surface area contributed by atoms with E-state index in [1.807, 2.05) is 70.2 Å². The molecule has 0 spiro atoms. The van der Waals surface area contributed by atoms with Gasteiger partial charge in [-0.05, 0) is 50.8 Å². The quantitative estimate of drug-likeness (QED) is 0.633. The Morgan fingerprint density at radius 2 is 1.83 bits per heavy atom. The van der Waals surface area contributed by atoms with Crippen LogP contribution in [0.2, 0.25) is 5.02 Å². The number of amides is 2. The summed E-state index contributed by atoms with van der Waals surface area (Å²) in [6, 6.07) is 15.1. The minimum atomic E-state index is -0.503. The molecule has 0 radical (unpaired) electrons. The zero-order chi connectivity index (χ0) is 21.4. The lowest BCUT2D eigenvalue weighted by Crippen LogP contribution is -2.50. The lowest BCUT2D eigenvalue weighted by molar-refractivity contribution is -0.141. The first-order chi connectivity index (χ1) is 13.8. The van der Waals surface area contributed by atoms with Gasteiger partial charge in [0.2, 0.25) is 11.8 Å². The van der Waals surface area contributed by atoms with Crippen LogP contribution >= 0.6 is 11.6 Å². The molecule has 0 saturated heterocycles. The Kier molecular flexibility index (Phi) is 8.71. The number of benzene rings is 2. The first-order valence-electron chi connectivity index (χ1n) is 10.2. The number of hydrogen-bond acceptors (Lipinski definition) is 2. The number of aryl methyl sites for hydroxylation is 2. The fourth-order valence-corrected chi connectivity index (χ4v) is 3.62. The van der Waals surface area contributed by atoms with E-state index < -0.39 is 6.04 Å². The molecule has 2 amide bonds. The molecule has 0 aliphatic rings. The number of carbonyl (C=O) groups is 2. The average molecular weight is 415 g/mol. The van der Waals surface area contributed by atoms with Gasteiger partial charge in [-0.2, -0.15) is 0 Å². The van der Waals surface area contributed by atoms with Crippen molar-refractivity contribution in [3.63, 3.8) is 0 Å². The first kappa shape index (κ1) is 23.0. The zero-order valence-electron chi connectivity index (χ0n) is 17.7. The van der Waals surface area contributed by atoms with Crippen molar-refractivity contribution >= 4 is 23.4 Å². The van der Waals surface area contributed by atoms with Crippen molar-refractivity contribution in [3.05, 3.63) is 70.2 Å². The third kappa shape index (κ3) is 6.90. The summed E-state index contributed by atoms with van der Waals surface area (Å²) < 4.78 is 0. The third-order valence-corrected chi connectivity index (χ3v) is 5.19. The smallest absolute Gasteiger partial charge is 0.243 e. The fraction of sp³-hybridized carbons (Fsp3) is 0.417. The zero-order valence-corrected chi connectivity index (χ0v) is 18.5. The molecule has 1 atom stereocenters. The molecule has 0 aromatic heterocycles. The van der Waals surface area contributed by atoms with Gasteiger partial charge in [0.15, 0.2) is 0 Å². The van der Waals surface area contributed by atoms with Gasteiger partial charge in [0, 0.05) is 24.0 Å². The Morgan fingerprint density at radius 3 is 2.45 bits per heavy atom. The Morgan fingerprint density at radius 1 is 1.10 bits per heavy atom. The maximum atomic E-state index is 13.2. The SMILES string of the molecule is CC[C@H](C(=O)NC(C)C)N(Cc1cccc(C)c1)C(=O)CCc1ccccc1Cl. The number of carbonyl (C=O) groups excluding carboxylic acids is 2. The van der Waals surface area contributed by atoms with Crippen LogP contribution in [0.15, 0.2) is 48.5 Å². The molecule has 0 heterocycles. The van der Waals surface area contributed by atoms with E-state index in [9.17, 15) is 9.59 Å². The largest absolute Gasteiger partial charge is 0.352 e. The van der Waals surface area contributed by atoms with Crippen LogP contribution < -0.4 is 5.32 Å². The Hall–Kier alpha value is -2.33. The summed E-state index contributed by atoms with van der Waals surface area (Å²) in [7, 11) is 0. The second kappa shape index (κ2) is 11.0. The Bertz CT molecular complexity index is 835. The van der Waals surface area contributed by atoms with Crippen LogP contribution in [0.25, 0.3) is 0 Å². The molecule has 2 aromatic rings. The van der Waals surface area contributed by atoms with Crippen molar-refractivity contribution in [2.24, 2.45) is 0 Å². The second-order valence-corrected chi connectivity index (χ2v) is 8.10. The molecule has 156 valence electrons. The molecule has 0 bridgehead atoms. The summed E-state index contributed by atoms with van der Waals surface area (Å²) in [5.74, 6) is -0.154. The van der Waals surface area contributed by atoms with Crippen molar-refractivity contribution in [1.29, 1.82) is 0 Å². The molecule has 0 saturated carbocycles. The molecule has 1 N–H and O–H groups in total. The lowest BCUT2D eigenvalue weighted by atomic mass is 10.0. The molecule has 5 heteroatoms. The number of rotatable bonds is 9. The van der Waals surface area contributed by atoms with E-state index in [0.29, 0.717) is 30.8 Å². The Balaban J connectivity index is 2.23. The van der Waals surface area contributed by atoms with Gasteiger partial charge in [-0.1, -0.05) is 66.6 Å². The standard InChI is InChI=1S/C24H31ClN2O2/c1-5-22(24(29)26-17(2)3)27(16-19-10-8-9-18(4)15-19)23(28)14-13-20-11-6-7-12-21(20)25/h6-12,15,17,22H,5,13-14,16H2,1-4H3,(H,26,29)/t22-/m1/s1. The summed E-state index contributed by atoms with van der Waals surface area (Å²) >= 11 is 6.24. The van der Waals surface area contributed by atoms with Crippen LogP contribution in [0.3, 0.4) is 0 Å². The lowest BCUT2D eigenvalue weighted by Gasteiger charge is -2.31. The van der Waals surface area contributed by atoms with Gasteiger partial charge < -0.3 is 10.2 Å². The summed E-state index contributed by atoms with van der Waals surface area (Å²) in [5, 5.41) is 3.62. The molecule has 0 aliphatic heterocycles. The van der Waals surface area contributed by atoms with Crippen molar-refractivity contribution < 1.29 is 9.59 Å². The predicted molar refractivity (Wildman–Crippen MR) is 119 cm³/mol. The van der Waals surface area contributed by atoms with Gasteiger partial charge >= 0.3 is 0 Å². The highest BCUT2D eigenvalue weighted by Gasteiger charge is 2.28. The topological polar surface area (TPSA) is 49.4 Å². The molecule has 0 unspecified atom stereocenters. The number of halogens is 1. The molecule has 2 rings (SSSR count). The summed E-state index contributed by atoms with van der Waals surface area (Å²) in [6.45, 7) is 8.22. The first-order valence-corrected chi connectivity index (χ1v) is 10.6. The maximum Gasteiger partial charge on any atom is 0.243 e. The highest BCUT2D eigenvalue weighted by atomic mass is 35.5. The van der Waals surface area contributed by atoms with Crippen LogP contribution in [-0.2, 0) is 22.6 Å². The van der Waals surface area contributed by atoms with E-state index in [2.05, 4.69) is 11.4 Å². The predicted octanol–water partition coefficient (Wildman–Crippen LogP) is 4.91. The molecule has 29 heavy (non-hydrogen) atoms. The van der Waals surface area contributed by atoms with Crippen molar-refractivity contribution in [2.45, 2.75) is 65.6 Å². The second-order valence-electron chi connectivity index (χ2n) is 7.69.